The molecule has 0 aliphatic carbocycles. The Kier molecular flexibility index (Phi) is 5.62. The van der Waals surface area contributed by atoms with Crippen LogP contribution in [0.3, 0.4) is 0 Å². The summed E-state index contributed by atoms with van der Waals surface area (Å²) in [6.07, 6.45) is 5.38. The second-order valence-electron chi connectivity index (χ2n) is 6.17. The molecule has 0 atom stereocenters. The fourth-order valence-corrected chi connectivity index (χ4v) is 2.94. The molecule has 1 fully saturated rings. The summed E-state index contributed by atoms with van der Waals surface area (Å²) in [6, 6.07) is 14.0. The molecule has 0 spiro atoms. The number of carbonyl (C=O) groups is 2. The Labute approximate surface area is 158 Å². The highest BCUT2D eigenvalue weighted by Crippen LogP contribution is 2.16. The largest absolute Gasteiger partial charge is 0.497 e. The Morgan fingerprint density at radius 1 is 1.04 bits per heavy atom. The molecule has 1 N–H and O–H groups in total. The van der Waals surface area contributed by atoms with E-state index in [0.717, 1.165) is 0 Å². The Morgan fingerprint density at radius 3 is 2.44 bits per heavy atom. The maximum atomic E-state index is 12.6. The summed E-state index contributed by atoms with van der Waals surface area (Å²) in [7, 11) is 1.57. The molecule has 0 saturated carbocycles. The van der Waals surface area contributed by atoms with Crippen LogP contribution in [0.4, 0.5) is 10.5 Å². The lowest BCUT2D eigenvalue weighted by Crippen LogP contribution is -2.51. The number of urea groups is 1. The van der Waals surface area contributed by atoms with E-state index in [4.69, 9.17) is 11.2 Å². The molecular formula is C21H21N3O3. The van der Waals surface area contributed by atoms with Crippen molar-refractivity contribution in [2.75, 3.05) is 38.6 Å². The molecule has 0 unspecified atom stereocenters. The van der Waals surface area contributed by atoms with Gasteiger partial charge in [0.15, 0.2) is 0 Å². The van der Waals surface area contributed by atoms with Gasteiger partial charge < -0.3 is 19.9 Å². The van der Waals surface area contributed by atoms with Gasteiger partial charge in [0.1, 0.15) is 5.75 Å². The minimum Gasteiger partial charge on any atom is -0.497 e. The molecule has 1 saturated heterocycles. The van der Waals surface area contributed by atoms with Gasteiger partial charge >= 0.3 is 6.03 Å². The van der Waals surface area contributed by atoms with Crippen molar-refractivity contribution in [2.24, 2.45) is 0 Å². The van der Waals surface area contributed by atoms with Gasteiger partial charge in [0, 0.05) is 43.0 Å². The molecule has 27 heavy (non-hydrogen) atoms. The second-order valence-corrected chi connectivity index (χ2v) is 6.17. The zero-order valence-electron chi connectivity index (χ0n) is 15.1. The third kappa shape index (κ3) is 4.39. The van der Waals surface area contributed by atoms with E-state index in [1.807, 2.05) is 0 Å². The maximum Gasteiger partial charge on any atom is 0.321 e. The number of methoxy groups -OCH3 is 1. The number of piperazine rings is 1. The van der Waals surface area contributed by atoms with Crippen LogP contribution < -0.4 is 10.1 Å². The van der Waals surface area contributed by atoms with Gasteiger partial charge in [-0.25, -0.2) is 4.79 Å². The molecule has 6 nitrogen and oxygen atoms in total. The normalized spacial score (nSPS) is 13.6. The van der Waals surface area contributed by atoms with E-state index < -0.39 is 0 Å². The highest BCUT2D eigenvalue weighted by atomic mass is 16.5. The van der Waals surface area contributed by atoms with E-state index in [1.165, 1.54) is 0 Å². The molecule has 1 aliphatic rings. The summed E-state index contributed by atoms with van der Waals surface area (Å²) in [5, 5.41) is 2.85. The van der Waals surface area contributed by atoms with Crippen molar-refractivity contribution >= 4 is 17.6 Å². The van der Waals surface area contributed by atoms with E-state index in [0.29, 0.717) is 48.7 Å². The quantitative estimate of drug-likeness (QED) is 0.853. The summed E-state index contributed by atoms with van der Waals surface area (Å²) in [6.45, 7) is 1.90. The van der Waals surface area contributed by atoms with Crippen LogP contribution in [0, 0.1) is 12.3 Å². The highest BCUT2D eigenvalue weighted by Gasteiger charge is 2.25. The monoisotopic (exact) mass is 363 g/mol. The molecule has 3 rings (SSSR count). The molecule has 1 heterocycles. The number of anilines is 1. The Morgan fingerprint density at radius 2 is 1.74 bits per heavy atom. The van der Waals surface area contributed by atoms with Gasteiger partial charge in [0.05, 0.1) is 7.11 Å². The molecule has 1 aliphatic heterocycles. The van der Waals surface area contributed by atoms with Crippen molar-refractivity contribution in [1.82, 2.24) is 9.80 Å². The SMILES string of the molecule is C#Cc1cccc(NC(=O)N2CCN(C(=O)c3cccc(OC)c3)CC2)c1. The number of benzene rings is 2. The molecule has 2 aromatic carbocycles. The molecular weight excluding hydrogens is 342 g/mol. The van der Waals surface area contributed by atoms with Crippen molar-refractivity contribution < 1.29 is 14.3 Å². The summed E-state index contributed by atoms with van der Waals surface area (Å²) in [5.41, 5.74) is 1.95. The molecule has 0 aromatic heterocycles. The van der Waals surface area contributed by atoms with Gasteiger partial charge in [-0.2, -0.15) is 0 Å². The fourth-order valence-electron chi connectivity index (χ4n) is 2.94. The molecule has 138 valence electrons. The Balaban J connectivity index is 1.57. The van der Waals surface area contributed by atoms with E-state index in [1.54, 1.807) is 65.4 Å². The van der Waals surface area contributed by atoms with Gasteiger partial charge in [0.25, 0.3) is 5.91 Å². The number of hydrogen-bond acceptors (Lipinski definition) is 3. The van der Waals surface area contributed by atoms with Crippen molar-refractivity contribution in [1.29, 1.82) is 0 Å². The molecule has 2 aromatic rings. The number of ether oxygens (including phenoxy) is 1. The lowest BCUT2D eigenvalue weighted by Gasteiger charge is -2.34. The van der Waals surface area contributed by atoms with Crippen molar-refractivity contribution in [3.63, 3.8) is 0 Å². The number of terminal acetylenes is 1. The minimum atomic E-state index is -0.197. The summed E-state index contributed by atoms with van der Waals surface area (Å²) in [5.74, 6) is 3.13. The Bertz CT molecular complexity index is 880. The van der Waals surface area contributed by atoms with E-state index in [2.05, 4.69) is 11.2 Å². The van der Waals surface area contributed by atoms with Crippen LogP contribution in [0.25, 0.3) is 0 Å². The highest BCUT2D eigenvalue weighted by molar-refractivity contribution is 5.95. The first kappa shape index (κ1) is 18.3. The molecule has 0 radical (unpaired) electrons. The van der Waals surface area contributed by atoms with Crippen LogP contribution in [0.1, 0.15) is 15.9 Å². The summed E-state index contributed by atoms with van der Waals surface area (Å²) < 4.78 is 5.17. The van der Waals surface area contributed by atoms with Crippen molar-refractivity contribution in [2.45, 2.75) is 0 Å². The van der Waals surface area contributed by atoms with E-state index in [9.17, 15) is 9.59 Å². The van der Waals surface area contributed by atoms with Crippen molar-refractivity contribution in [3.8, 4) is 18.1 Å². The topological polar surface area (TPSA) is 61.9 Å². The zero-order valence-corrected chi connectivity index (χ0v) is 15.1. The average molecular weight is 363 g/mol. The number of amides is 3. The average Bonchev–Trinajstić information content (AvgIpc) is 2.73. The van der Waals surface area contributed by atoms with E-state index >= 15 is 0 Å². The summed E-state index contributed by atoms with van der Waals surface area (Å²) >= 11 is 0. The first-order valence-electron chi connectivity index (χ1n) is 8.66. The second kappa shape index (κ2) is 8.28. The lowest BCUT2D eigenvalue weighted by atomic mass is 10.1. The lowest BCUT2D eigenvalue weighted by molar-refractivity contribution is 0.0671. The van der Waals surface area contributed by atoms with Gasteiger partial charge in [-0.1, -0.05) is 18.1 Å². The number of carbonyl (C=O) groups excluding carboxylic acids is 2. The van der Waals surface area contributed by atoms with Gasteiger partial charge in [0.2, 0.25) is 0 Å². The van der Waals surface area contributed by atoms with Crippen LogP contribution in [0.5, 0.6) is 5.75 Å². The molecule has 6 heteroatoms. The number of nitrogens with zero attached hydrogens (tertiary/aromatic N) is 2. The maximum absolute atomic E-state index is 12.6. The zero-order chi connectivity index (χ0) is 19.2. The van der Waals surface area contributed by atoms with Crippen LogP contribution in [0.15, 0.2) is 48.5 Å². The standard InChI is InChI=1S/C21H21N3O3/c1-3-16-6-4-8-18(14-16)22-21(26)24-12-10-23(11-13-24)20(25)17-7-5-9-19(15-17)27-2/h1,4-9,14-15H,10-13H2,2H3,(H,22,26). The molecule has 3 amide bonds. The van der Waals surface area contributed by atoms with Crippen molar-refractivity contribution in [3.05, 3.63) is 59.7 Å². The van der Waals surface area contributed by atoms with Gasteiger partial charge in [-0.05, 0) is 36.4 Å². The smallest absolute Gasteiger partial charge is 0.321 e. The fraction of sp³-hybridized carbons (Fsp3) is 0.238. The third-order valence-electron chi connectivity index (χ3n) is 4.45. The van der Waals surface area contributed by atoms with Crippen LogP contribution in [0.2, 0.25) is 0 Å². The van der Waals surface area contributed by atoms with Crippen LogP contribution in [-0.4, -0.2) is 55.0 Å². The van der Waals surface area contributed by atoms with Gasteiger partial charge in [-0.3, -0.25) is 4.79 Å². The molecule has 0 bridgehead atoms. The predicted octanol–water partition coefficient (Wildman–Crippen LogP) is 2.67. The van der Waals surface area contributed by atoms with Crippen LogP contribution >= 0.6 is 0 Å². The third-order valence-corrected chi connectivity index (χ3v) is 4.45. The van der Waals surface area contributed by atoms with Crippen LogP contribution in [-0.2, 0) is 0 Å². The number of nitrogens with one attached hydrogen (secondary N) is 1. The van der Waals surface area contributed by atoms with E-state index in [-0.39, 0.29) is 11.9 Å². The Hall–Kier alpha value is -3.46. The first-order chi connectivity index (χ1) is 13.1. The first-order valence-corrected chi connectivity index (χ1v) is 8.66. The minimum absolute atomic E-state index is 0.0596. The predicted molar refractivity (Wildman–Crippen MR) is 104 cm³/mol. The number of rotatable bonds is 3. The van der Waals surface area contributed by atoms with Gasteiger partial charge in [-0.15, -0.1) is 6.42 Å². The number of hydrogen-bond donors (Lipinski definition) is 1. The summed E-state index contributed by atoms with van der Waals surface area (Å²) in [4.78, 5) is 28.5.